The predicted octanol–water partition coefficient (Wildman–Crippen LogP) is -1.73. The Balaban J connectivity index is 4.15. The number of aliphatic carboxylic acids is 2. The Morgan fingerprint density at radius 1 is 1.00 bits per heavy atom. The number of amides is 2. The number of hydrogen-bond donors (Lipinski definition) is 5. The summed E-state index contributed by atoms with van der Waals surface area (Å²) in [6, 6.07) is -3.13. The minimum absolute atomic E-state index is 0.0545. The molecule has 0 unspecified atom stereocenters. The highest BCUT2D eigenvalue weighted by molar-refractivity contribution is 5.90. The lowest BCUT2D eigenvalue weighted by atomic mass is 10.1. The molecule has 0 fully saturated rings. The maximum atomic E-state index is 11.5. The minimum atomic E-state index is -1.21. The van der Waals surface area contributed by atoms with Crippen molar-refractivity contribution in [3.63, 3.8) is 0 Å². The second-order valence-electron chi connectivity index (χ2n) is 4.34. The van der Waals surface area contributed by atoms with E-state index in [0.717, 1.165) is 0 Å². The van der Waals surface area contributed by atoms with Gasteiger partial charge in [-0.3, -0.25) is 19.2 Å². The maximum absolute atomic E-state index is 11.5. The first-order valence-electron chi connectivity index (χ1n) is 5.96. The van der Waals surface area contributed by atoms with E-state index in [1.54, 1.807) is 0 Å². The highest BCUT2D eigenvalue weighted by Gasteiger charge is 2.21. The zero-order valence-electron chi connectivity index (χ0n) is 11.3. The lowest BCUT2D eigenvalue weighted by Crippen LogP contribution is -2.49. The summed E-state index contributed by atoms with van der Waals surface area (Å²) in [7, 11) is 0. The lowest BCUT2D eigenvalue weighted by Gasteiger charge is -2.16. The molecule has 20 heavy (non-hydrogen) atoms. The summed E-state index contributed by atoms with van der Waals surface area (Å²) in [5.74, 6) is -3.58. The summed E-state index contributed by atoms with van der Waals surface area (Å²) < 4.78 is 0. The Morgan fingerprint density at radius 2 is 1.55 bits per heavy atom. The molecule has 0 rings (SSSR count). The smallest absolute Gasteiger partial charge is 0.325 e. The van der Waals surface area contributed by atoms with Crippen LogP contribution in [-0.4, -0.2) is 52.1 Å². The minimum Gasteiger partial charge on any atom is -0.480 e. The van der Waals surface area contributed by atoms with Crippen LogP contribution < -0.4 is 16.4 Å². The molecular weight excluding hydrogens is 270 g/mol. The molecule has 0 aliphatic heterocycles. The van der Waals surface area contributed by atoms with Crippen molar-refractivity contribution in [1.29, 1.82) is 0 Å². The molecule has 0 bridgehead atoms. The summed E-state index contributed by atoms with van der Waals surface area (Å²) in [6.07, 6.45) is -0.194. The normalized spacial score (nSPS) is 14.8. The van der Waals surface area contributed by atoms with Crippen molar-refractivity contribution < 1.29 is 29.4 Å². The number of carboxylic acid groups (broad SMARTS) is 2. The molecule has 114 valence electrons. The van der Waals surface area contributed by atoms with Crippen molar-refractivity contribution in [3.05, 3.63) is 0 Å². The van der Waals surface area contributed by atoms with Crippen molar-refractivity contribution in [1.82, 2.24) is 10.6 Å². The maximum Gasteiger partial charge on any atom is 0.325 e. The molecule has 0 aromatic rings. The molecule has 0 radical (unpaired) electrons. The first-order valence-corrected chi connectivity index (χ1v) is 5.96. The molecule has 9 heteroatoms. The second kappa shape index (κ2) is 8.10. The molecule has 3 atom stereocenters. The van der Waals surface area contributed by atoms with Gasteiger partial charge in [0.25, 0.3) is 0 Å². The van der Waals surface area contributed by atoms with Crippen LogP contribution >= 0.6 is 0 Å². The van der Waals surface area contributed by atoms with Gasteiger partial charge in [-0.2, -0.15) is 0 Å². The van der Waals surface area contributed by atoms with Crippen LogP contribution in [0.5, 0.6) is 0 Å². The van der Waals surface area contributed by atoms with E-state index < -0.39 is 41.9 Å². The van der Waals surface area contributed by atoms with Gasteiger partial charge in [-0.25, -0.2) is 0 Å². The molecule has 0 spiro atoms. The van der Waals surface area contributed by atoms with Gasteiger partial charge >= 0.3 is 11.9 Å². The molecule has 2 amide bonds. The quantitative estimate of drug-likeness (QED) is 0.355. The number of nitrogens with two attached hydrogens (primary N) is 1. The standard InChI is InChI=1S/C11H19N3O6/c1-5(9(16)14-6(2)10(17)18)13-8(15)4-3-7(12)11(19)20/h5-7H,3-4,12H2,1-2H3,(H,13,15)(H,14,16)(H,17,18)(H,19,20)/t5-,6-,7-/m0/s1. The highest BCUT2D eigenvalue weighted by Crippen LogP contribution is 1.96. The van der Waals surface area contributed by atoms with Gasteiger partial charge in [0.05, 0.1) is 0 Å². The van der Waals surface area contributed by atoms with Gasteiger partial charge < -0.3 is 26.6 Å². The van der Waals surface area contributed by atoms with Gasteiger partial charge in [-0.1, -0.05) is 0 Å². The van der Waals surface area contributed by atoms with E-state index >= 15 is 0 Å². The Kier molecular flexibility index (Phi) is 7.22. The molecule has 0 heterocycles. The molecule has 0 aromatic heterocycles. The van der Waals surface area contributed by atoms with E-state index in [1.165, 1.54) is 13.8 Å². The zero-order chi connectivity index (χ0) is 15.9. The van der Waals surface area contributed by atoms with Crippen LogP contribution in [0, 0.1) is 0 Å². The highest BCUT2D eigenvalue weighted by atomic mass is 16.4. The van der Waals surface area contributed by atoms with Crippen LogP contribution in [0.4, 0.5) is 0 Å². The summed E-state index contributed by atoms with van der Waals surface area (Å²) in [5, 5.41) is 21.7. The molecule has 9 nitrogen and oxygen atoms in total. The largest absolute Gasteiger partial charge is 0.480 e. The van der Waals surface area contributed by atoms with E-state index in [-0.39, 0.29) is 12.8 Å². The van der Waals surface area contributed by atoms with E-state index in [0.29, 0.717) is 0 Å². The fourth-order valence-electron chi connectivity index (χ4n) is 1.19. The molecule has 0 aliphatic rings. The second-order valence-corrected chi connectivity index (χ2v) is 4.34. The van der Waals surface area contributed by atoms with Crippen LogP contribution in [0.1, 0.15) is 26.7 Å². The van der Waals surface area contributed by atoms with E-state index in [4.69, 9.17) is 15.9 Å². The number of nitrogens with one attached hydrogen (secondary N) is 2. The average Bonchev–Trinajstić information content (AvgIpc) is 2.35. The fourth-order valence-corrected chi connectivity index (χ4v) is 1.19. The SMILES string of the molecule is C[C@H](NC(=O)[C@H](C)NC(=O)CC[C@H](N)C(=O)O)C(=O)O. The lowest BCUT2D eigenvalue weighted by molar-refractivity contribution is -0.141. The van der Waals surface area contributed by atoms with Gasteiger partial charge in [-0.05, 0) is 20.3 Å². The summed E-state index contributed by atoms with van der Waals surface area (Å²) in [5.41, 5.74) is 5.23. The third-order valence-corrected chi connectivity index (χ3v) is 2.50. The van der Waals surface area contributed by atoms with E-state index in [1.807, 2.05) is 0 Å². The number of rotatable bonds is 8. The number of carboxylic acids is 2. The molecule has 0 aliphatic carbocycles. The number of hydrogen-bond acceptors (Lipinski definition) is 5. The van der Waals surface area contributed by atoms with E-state index in [9.17, 15) is 19.2 Å². The fraction of sp³-hybridized carbons (Fsp3) is 0.636. The van der Waals surface area contributed by atoms with Crippen LogP contribution in [0.3, 0.4) is 0 Å². The topological polar surface area (TPSA) is 159 Å². The van der Waals surface area contributed by atoms with Crippen molar-refractivity contribution in [3.8, 4) is 0 Å². The van der Waals surface area contributed by atoms with Crippen LogP contribution in [0.2, 0.25) is 0 Å². The Labute approximate surface area is 115 Å². The van der Waals surface area contributed by atoms with Crippen molar-refractivity contribution in [2.75, 3.05) is 0 Å². The third-order valence-electron chi connectivity index (χ3n) is 2.50. The average molecular weight is 289 g/mol. The summed E-state index contributed by atoms with van der Waals surface area (Å²) >= 11 is 0. The van der Waals surface area contributed by atoms with Crippen LogP contribution in [0.15, 0.2) is 0 Å². The molecular formula is C11H19N3O6. The molecule has 0 saturated carbocycles. The zero-order valence-corrected chi connectivity index (χ0v) is 11.3. The van der Waals surface area contributed by atoms with E-state index in [2.05, 4.69) is 10.6 Å². The third kappa shape index (κ3) is 6.69. The van der Waals surface area contributed by atoms with Gasteiger partial charge in [0.15, 0.2) is 0 Å². The molecule has 6 N–H and O–H groups in total. The predicted molar refractivity (Wildman–Crippen MR) is 67.7 cm³/mol. The van der Waals surface area contributed by atoms with Crippen molar-refractivity contribution in [2.45, 2.75) is 44.8 Å². The summed E-state index contributed by atoms with van der Waals surface area (Å²) in [4.78, 5) is 44.0. The molecule has 0 saturated heterocycles. The number of carbonyl (C=O) groups is 4. The van der Waals surface area contributed by atoms with Gasteiger partial charge in [-0.15, -0.1) is 0 Å². The van der Waals surface area contributed by atoms with Crippen molar-refractivity contribution in [2.24, 2.45) is 5.73 Å². The first kappa shape index (κ1) is 17.8. The Morgan fingerprint density at radius 3 is 2.00 bits per heavy atom. The summed E-state index contributed by atoms with van der Waals surface area (Å²) in [6.45, 7) is 2.68. The first-order chi connectivity index (χ1) is 9.15. The monoisotopic (exact) mass is 289 g/mol. The van der Waals surface area contributed by atoms with Gasteiger partial charge in [0.1, 0.15) is 18.1 Å². The van der Waals surface area contributed by atoms with Gasteiger partial charge in [0, 0.05) is 6.42 Å². The van der Waals surface area contributed by atoms with Crippen LogP contribution in [-0.2, 0) is 19.2 Å². The van der Waals surface area contributed by atoms with Crippen molar-refractivity contribution >= 4 is 23.8 Å². The Hall–Kier alpha value is -2.16. The Bertz CT molecular complexity index is 398. The number of carbonyl (C=O) groups excluding carboxylic acids is 2. The van der Waals surface area contributed by atoms with Gasteiger partial charge in [0.2, 0.25) is 11.8 Å². The van der Waals surface area contributed by atoms with Crippen LogP contribution in [0.25, 0.3) is 0 Å². The molecule has 0 aromatic carbocycles.